The number of carbonyl (C=O) groups excluding carboxylic acids is 1. The Morgan fingerprint density at radius 1 is 1.50 bits per heavy atom. The largest absolute Gasteiger partial charge is 0.383 e. The highest BCUT2D eigenvalue weighted by Gasteiger charge is 2.04. The molecular formula is C10H24N6O2. The van der Waals surface area contributed by atoms with Gasteiger partial charge in [-0.05, 0) is 6.92 Å². The first-order chi connectivity index (χ1) is 8.51. The average molecular weight is 260 g/mol. The minimum atomic E-state index is -0.145. The van der Waals surface area contributed by atoms with Crippen LogP contribution in [0.25, 0.3) is 0 Å². The Bertz CT molecular complexity index is 269. The predicted molar refractivity (Wildman–Crippen MR) is 71.2 cm³/mol. The molecule has 0 saturated heterocycles. The second-order valence-corrected chi connectivity index (χ2v) is 4.00. The molecule has 1 unspecified atom stereocenters. The van der Waals surface area contributed by atoms with Crippen molar-refractivity contribution in [3.05, 3.63) is 0 Å². The van der Waals surface area contributed by atoms with Gasteiger partial charge in [0, 0.05) is 33.8 Å². The summed E-state index contributed by atoms with van der Waals surface area (Å²) in [5.74, 6) is 5.80. The lowest BCUT2D eigenvalue weighted by Gasteiger charge is -2.15. The van der Waals surface area contributed by atoms with Gasteiger partial charge in [-0.1, -0.05) is 0 Å². The third-order valence-electron chi connectivity index (χ3n) is 2.00. The number of guanidine groups is 1. The van der Waals surface area contributed by atoms with Gasteiger partial charge in [0.05, 0.1) is 13.2 Å². The van der Waals surface area contributed by atoms with E-state index in [9.17, 15) is 4.79 Å². The van der Waals surface area contributed by atoms with E-state index < -0.39 is 0 Å². The molecule has 2 amide bonds. The SMILES string of the molecule is COCC(C)NC(=NCCNC(=O)N(C)C)NN. The van der Waals surface area contributed by atoms with Crippen LogP contribution in [0.4, 0.5) is 4.79 Å². The molecule has 0 aromatic heterocycles. The maximum Gasteiger partial charge on any atom is 0.316 e. The van der Waals surface area contributed by atoms with Crippen LogP contribution < -0.4 is 21.9 Å². The van der Waals surface area contributed by atoms with Gasteiger partial charge < -0.3 is 20.3 Å². The average Bonchev–Trinajstić information content (AvgIpc) is 2.32. The number of ether oxygens (including phenoxy) is 1. The number of hydrogen-bond donors (Lipinski definition) is 4. The van der Waals surface area contributed by atoms with Crippen molar-refractivity contribution < 1.29 is 9.53 Å². The summed E-state index contributed by atoms with van der Waals surface area (Å²) in [6.07, 6.45) is 0. The summed E-state index contributed by atoms with van der Waals surface area (Å²) in [6, 6.07) is -0.0469. The molecule has 0 rings (SSSR count). The highest BCUT2D eigenvalue weighted by atomic mass is 16.5. The zero-order valence-electron chi connectivity index (χ0n) is 11.5. The van der Waals surface area contributed by atoms with Crippen molar-refractivity contribution in [3.63, 3.8) is 0 Å². The number of rotatable bonds is 6. The number of aliphatic imine (C=N–C) groups is 1. The molecule has 5 N–H and O–H groups in total. The molecule has 0 aromatic rings. The number of methoxy groups -OCH3 is 1. The minimum Gasteiger partial charge on any atom is -0.383 e. The van der Waals surface area contributed by atoms with Gasteiger partial charge in [-0.15, -0.1) is 0 Å². The maximum absolute atomic E-state index is 11.2. The standard InChI is InChI=1S/C10H24N6O2/c1-8(7-18-4)14-9(15-11)12-5-6-13-10(17)16(2)3/h8H,5-7,11H2,1-4H3,(H,13,17)(H2,12,14,15). The van der Waals surface area contributed by atoms with E-state index in [1.807, 2.05) is 6.92 Å². The first kappa shape index (κ1) is 16.5. The number of nitrogens with zero attached hydrogens (tertiary/aromatic N) is 2. The number of hydrazine groups is 1. The van der Waals surface area contributed by atoms with E-state index in [0.717, 1.165) is 0 Å². The van der Waals surface area contributed by atoms with E-state index in [0.29, 0.717) is 25.7 Å². The van der Waals surface area contributed by atoms with Gasteiger partial charge in [0.1, 0.15) is 0 Å². The van der Waals surface area contributed by atoms with E-state index in [1.165, 1.54) is 4.90 Å². The Morgan fingerprint density at radius 3 is 2.67 bits per heavy atom. The molecule has 0 radical (unpaired) electrons. The van der Waals surface area contributed by atoms with Crippen molar-refractivity contribution in [3.8, 4) is 0 Å². The van der Waals surface area contributed by atoms with Crippen molar-refractivity contribution in [1.29, 1.82) is 0 Å². The Labute approximate surface area is 108 Å². The normalized spacial score (nSPS) is 12.8. The molecule has 0 aliphatic rings. The predicted octanol–water partition coefficient (Wildman–Crippen LogP) is -1.30. The van der Waals surface area contributed by atoms with Crippen LogP contribution >= 0.6 is 0 Å². The van der Waals surface area contributed by atoms with E-state index in [-0.39, 0.29) is 12.1 Å². The van der Waals surface area contributed by atoms with E-state index in [2.05, 4.69) is 21.1 Å². The summed E-state index contributed by atoms with van der Waals surface area (Å²) >= 11 is 0. The quantitative estimate of drug-likeness (QED) is 0.156. The molecule has 0 fully saturated rings. The number of nitrogens with two attached hydrogens (primary N) is 1. The number of carbonyl (C=O) groups is 1. The smallest absolute Gasteiger partial charge is 0.316 e. The van der Waals surface area contributed by atoms with Gasteiger partial charge in [-0.2, -0.15) is 0 Å². The first-order valence-corrected chi connectivity index (χ1v) is 5.73. The molecule has 0 aromatic carbocycles. The summed E-state index contributed by atoms with van der Waals surface area (Å²) in [5.41, 5.74) is 2.46. The van der Waals surface area contributed by atoms with E-state index >= 15 is 0 Å². The van der Waals surface area contributed by atoms with Gasteiger partial charge in [-0.3, -0.25) is 10.4 Å². The molecule has 0 spiro atoms. The van der Waals surface area contributed by atoms with Crippen LogP contribution in [0.1, 0.15) is 6.92 Å². The topological polar surface area (TPSA) is 104 Å². The third kappa shape index (κ3) is 7.69. The summed E-state index contributed by atoms with van der Waals surface area (Å²) in [6.45, 7) is 3.39. The van der Waals surface area contributed by atoms with Gasteiger partial charge in [0.2, 0.25) is 5.96 Å². The highest BCUT2D eigenvalue weighted by Crippen LogP contribution is 1.82. The third-order valence-corrected chi connectivity index (χ3v) is 2.00. The number of amides is 2. The number of nitrogens with one attached hydrogen (secondary N) is 3. The zero-order valence-corrected chi connectivity index (χ0v) is 11.5. The maximum atomic E-state index is 11.2. The molecule has 0 heterocycles. The summed E-state index contributed by atoms with van der Waals surface area (Å²) in [4.78, 5) is 16.9. The molecule has 18 heavy (non-hydrogen) atoms. The summed E-state index contributed by atoms with van der Waals surface area (Å²) in [7, 11) is 4.99. The Balaban J connectivity index is 3.94. The second-order valence-electron chi connectivity index (χ2n) is 4.00. The molecule has 0 saturated carbocycles. The lowest BCUT2D eigenvalue weighted by molar-refractivity contribution is 0.179. The Morgan fingerprint density at radius 2 is 2.17 bits per heavy atom. The van der Waals surface area contributed by atoms with Gasteiger partial charge in [-0.25, -0.2) is 10.6 Å². The Kier molecular flexibility index (Phi) is 8.67. The van der Waals surface area contributed by atoms with Crippen molar-refractivity contribution in [2.45, 2.75) is 13.0 Å². The lowest BCUT2D eigenvalue weighted by atomic mass is 10.4. The molecule has 8 nitrogen and oxygen atoms in total. The fourth-order valence-electron chi connectivity index (χ4n) is 1.15. The summed E-state index contributed by atoms with van der Waals surface area (Å²) in [5, 5.41) is 5.74. The molecule has 0 aliphatic heterocycles. The Hall–Kier alpha value is -1.54. The van der Waals surface area contributed by atoms with Crippen molar-refractivity contribution in [1.82, 2.24) is 21.0 Å². The molecule has 106 valence electrons. The van der Waals surface area contributed by atoms with Crippen LogP contribution in [0, 0.1) is 0 Å². The van der Waals surface area contributed by atoms with E-state index in [4.69, 9.17) is 10.6 Å². The van der Waals surface area contributed by atoms with Crippen molar-refractivity contribution in [2.75, 3.05) is 40.9 Å². The summed E-state index contributed by atoms with van der Waals surface area (Å²) < 4.78 is 4.98. The van der Waals surface area contributed by atoms with Crippen LogP contribution in [0.5, 0.6) is 0 Å². The van der Waals surface area contributed by atoms with Crippen molar-refractivity contribution >= 4 is 12.0 Å². The van der Waals surface area contributed by atoms with Gasteiger partial charge in [0.15, 0.2) is 0 Å². The van der Waals surface area contributed by atoms with Crippen LogP contribution in [0.2, 0.25) is 0 Å². The van der Waals surface area contributed by atoms with Gasteiger partial charge in [0.25, 0.3) is 0 Å². The monoisotopic (exact) mass is 260 g/mol. The number of hydrogen-bond acceptors (Lipinski definition) is 4. The van der Waals surface area contributed by atoms with Crippen molar-refractivity contribution in [2.24, 2.45) is 10.8 Å². The van der Waals surface area contributed by atoms with Crippen LogP contribution in [0.15, 0.2) is 4.99 Å². The molecule has 0 aliphatic carbocycles. The molecule has 8 heteroatoms. The molecular weight excluding hydrogens is 236 g/mol. The fourth-order valence-corrected chi connectivity index (χ4v) is 1.15. The van der Waals surface area contributed by atoms with Gasteiger partial charge >= 0.3 is 6.03 Å². The fraction of sp³-hybridized carbons (Fsp3) is 0.800. The highest BCUT2D eigenvalue weighted by molar-refractivity contribution is 5.79. The van der Waals surface area contributed by atoms with Crippen LogP contribution in [0.3, 0.4) is 0 Å². The molecule has 0 bridgehead atoms. The second kappa shape index (κ2) is 9.49. The first-order valence-electron chi connectivity index (χ1n) is 5.73. The molecule has 1 atom stereocenters. The number of urea groups is 1. The minimum absolute atomic E-state index is 0.0983. The van der Waals surface area contributed by atoms with Crippen LogP contribution in [-0.4, -0.2) is 63.8 Å². The van der Waals surface area contributed by atoms with E-state index in [1.54, 1.807) is 21.2 Å². The van der Waals surface area contributed by atoms with Crippen LogP contribution in [-0.2, 0) is 4.74 Å². The lowest BCUT2D eigenvalue weighted by Crippen LogP contribution is -2.47. The zero-order chi connectivity index (χ0) is 14.0.